The number of esters is 5. The molecule has 3 unspecified atom stereocenters. The number of benzene rings is 3. The SMILES string of the molecule is COCCOCCOc1ccc(CC(CN(CC(Cc2ccc(OCCOCCOC)cc2)N(CC(=O)OC(C)(C)C)CC(=O)OC(C)(C)C)C(Cc2ccc(OCCOCCOC)cc2)C(=O)OC(C)(C)C)N(CC(=O)OC(C)(C)C)CC(=O)OC(C)(C)C)cc1. The summed E-state index contributed by atoms with van der Waals surface area (Å²) in [5.41, 5.74) is -2.26. The van der Waals surface area contributed by atoms with Crippen LogP contribution in [0.2, 0.25) is 0 Å². The fraction of sp³-hybridized carbons (Fsp3) is 0.671. The fourth-order valence-electron chi connectivity index (χ4n) is 9.33. The van der Waals surface area contributed by atoms with Gasteiger partial charge in [-0.2, -0.15) is 0 Å². The molecule has 22 heteroatoms. The molecule has 3 rings (SSSR count). The number of nitrogens with zero attached hydrogens (tertiary/aromatic N) is 3. The molecular weight excluding hydrogens is 1190 g/mol. The van der Waals surface area contributed by atoms with E-state index in [9.17, 15) is 19.2 Å². The second kappa shape index (κ2) is 40.3. The fourth-order valence-corrected chi connectivity index (χ4v) is 9.33. The number of methoxy groups -OCH3 is 3. The van der Waals surface area contributed by atoms with Crippen LogP contribution in [-0.4, -0.2) is 231 Å². The number of carbonyl (C=O) groups excluding carboxylic acids is 5. The van der Waals surface area contributed by atoms with Crippen molar-refractivity contribution < 1.29 is 90.3 Å². The van der Waals surface area contributed by atoms with Crippen molar-refractivity contribution in [1.82, 2.24) is 14.7 Å². The molecule has 3 atom stereocenters. The Balaban J connectivity index is 2.49. The summed E-state index contributed by atoms with van der Waals surface area (Å²) in [6.45, 7) is 29.6. The molecule has 0 saturated carbocycles. The quantitative estimate of drug-likeness (QED) is 0.0294. The molecule has 520 valence electrons. The largest absolute Gasteiger partial charge is 0.491 e. The lowest BCUT2D eigenvalue weighted by Crippen LogP contribution is -2.58. The van der Waals surface area contributed by atoms with Gasteiger partial charge < -0.3 is 66.3 Å². The zero-order valence-corrected chi connectivity index (χ0v) is 58.6. The van der Waals surface area contributed by atoms with Gasteiger partial charge in [0.1, 0.15) is 71.1 Å². The zero-order valence-electron chi connectivity index (χ0n) is 58.6. The van der Waals surface area contributed by atoms with Gasteiger partial charge in [-0.3, -0.25) is 38.7 Å². The molecule has 92 heavy (non-hydrogen) atoms. The molecule has 0 amide bonds. The van der Waals surface area contributed by atoms with Gasteiger partial charge in [0, 0.05) is 46.5 Å². The first-order valence-corrected chi connectivity index (χ1v) is 31.8. The zero-order chi connectivity index (χ0) is 68.5. The predicted octanol–water partition coefficient (Wildman–Crippen LogP) is 8.56. The van der Waals surface area contributed by atoms with Crippen LogP contribution < -0.4 is 14.2 Å². The third kappa shape index (κ3) is 37.1. The highest BCUT2D eigenvalue weighted by Crippen LogP contribution is 2.26. The van der Waals surface area contributed by atoms with Crippen molar-refractivity contribution in [2.24, 2.45) is 0 Å². The van der Waals surface area contributed by atoms with Crippen molar-refractivity contribution in [3.63, 3.8) is 0 Å². The standard InChI is InChI=1S/C70H111N3O19/c1-66(2,3)88-61(74)48-71(49-62(75)89-67(4,5)6)55(43-52-19-25-57(26-20-52)85-40-37-82-34-31-79-16)46-73(60(65(78)92-70(13,14)15)45-54-23-29-59(30-24-54)87-42-39-84-36-33-81-18)47-56(44-53-21-27-58(28-22-53)86-41-38-83-35-32-80-17)72(50-63(76)90-68(7,8)9)51-64(77)91-69(10,11)12/h19-30,55-56,60H,31-51H2,1-18H3. The van der Waals surface area contributed by atoms with Gasteiger partial charge in [0.05, 0.1) is 85.6 Å². The van der Waals surface area contributed by atoms with E-state index in [-0.39, 0.29) is 78.4 Å². The molecule has 0 radical (unpaired) electrons. The average molecular weight is 1300 g/mol. The van der Waals surface area contributed by atoms with Crippen molar-refractivity contribution in [2.45, 2.75) is 169 Å². The minimum Gasteiger partial charge on any atom is -0.491 e. The van der Waals surface area contributed by atoms with Crippen molar-refractivity contribution >= 4 is 29.8 Å². The third-order valence-electron chi connectivity index (χ3n) is 13.0. The summed E-state index contributed by atoms with van der Waals surface area (Å²) in [6.07, 6.45) is 0.481. The van der Waals surface area contributed by atoms with Crippen LogP contribution in [0.15, 0.2) is 72.8 Å². The molecule has 0 aromatic heterocycles. The first kappa shape index (κ1) is 80.3. The number of hydrogen-bond acceptors (Lipinski definition) is 22. The molecule has 3 aromatic rings. The molecule has 22 nitrogen and oxygen atoms in total. The van der Waals surface area contributed by atoms with Gasteiger partial charge in [0.2, 0.25) is 0 Å². The highest BCUT2D eigenvalue weighted by Gasteiger charge is 2.39. The summed E-state index contributed by atoms with van der Waals surface area (Å²) in [6, 6.07) is 19.7. The summed E-state index contributed by atoms with van der Waals surface area (Å²) < 4.78 is 80.7. The number of carbonyl (C=O) groups is 5. The molecule has 0 heterocycles. The van der Waals surface area contributed by atoms with Crippen LogP contribution in [0.25, 0.3) is 0 Å². The average Bonchev–Trinajstić information content (AvgIpc) is 0.883. The van der Waals surface area contributed by atoms with Crippen LogP contribution in [0.4, 0.5) is 0 Å². The van der Waals surface area contributed by atoms with Gasteiger partial charge in [-0.15, -0.1) is 0 Å². The molecule has 0 aliphatic heterocycles. The van der Waals surface area contributed by atoms with Crippen LogP contribution in [0.1, 0.15) is 121 Å². The van der Waals surface area contributed by atoms with E-state index >= 15 is 4.79 Å². The maximum atomic E-state index is 15.6. The van der Waals surface area contributed by atoms with E-state index in [1.165, 1.54) is 0 Å². The number of ether oxygens (including phenoxy) is 14. The molecule has 0 spiro atoms. The van der Waals surface area contributed by atoms with E-state index in [0.29, 0.717) is 76.7 Å². The Morgan fingerprint density at radius 3 is 0.826 bits per heavy atom. The van der Waals surface area contributed by atoms with Gasteiger partial charge >= 0.3 is 29.8 Å². The van der Waals surface area contributed by atoms with Gasteiger partial charge in [0.25, 0.3) is 0 Å². The van der Waals surface area contributed by atoms with Crippen LogP contribution in [0.3, 0.4) is 0 Å². The Bertz CT molecular complexity index is 2390. The first-order valence-electron chi connectivity index (χ1n) is 31.8. The Morgan fingerprint density at radius 2 is 0.576 bits per heavy atom. The summed E-state index contributed by atoms with van der Waals surface area (Å²) in [5.74, 6) is -1.25. The maximum Gasteiger partial charge on any atom is 0.324 e. The Hall–Kier alpha value is -5.95. The second-order valence-corrected chi connectivity index (χ2v) is 27.4. The van der Waals surface area contributed by atoms with Gasteiger partial charge in [0.15, 0.2) is 0 Å². The minimum atomic E-state index is -1.11. The van der Waals surface area contributed by atoms with E-state index in [0.717, 1.165) is 16.7 Å². The Kier molecular flexibility index (Phi) is 35.2. The Labute approximate surface area is 548 Å². The summed E-state index contributed by atoms with van der Waals surface area (Å²) in [4.78, 5) is 78.3. The molecule has 0 bridgehead atoms. The first-order chi connectivity index (χ1) is 43.1. The lowest BCUT2D eigenvalue weighted by atomic mass is 9.97. The lowest BCUT2D eigenvalue weighted by Gasteiger charge is -2.42. The second-order valence-electron chi connectivity index (χ2n) is 27.4. The summed E-state index contributed by atoms with van der Waals surface area (Å²) >= 11 is 0. The van der Waals surface area contributed by atoms with Crippen LogP contribution in [0, 0.1) is 0 Å². The third-order valence-corrected chi connectivity index (χ3v) is 13.0. The topological polar surface area (TPSA) is 224 Å². The normalized spacial score (nSPS) is 13.4. The molecule has 0 N–H and O–H groups in total. The maximum absolute atomic E-state index is 15.6. The number of rotatable bonds is 43. The van der Waals surface area contributed by atoms with E-state index in [4.69, 9.17) is 66.3 Å². The van der Waals surface area contributed by atoms with Crippen molar-refractivity contribution in [2.75, 3.05) is 140 Å². The molecule has 0 aliphatic rings. The summed E-state index contributed by atoms with van der Waals surface area (Å²) in [5, 5.41) is 0. The predicted molar refractivity (Wildman–Crippen MR) is 350 cm³/mol. The van der Waals surface area contributed by atoms with Gasteiger partial charge in [-0.1, -0.05) is 36.4 Å². The van der Waals surface area contributed by atoms with Gasteiger partial charge in [-0.05, 0) is 176 Å². The van der Waals surface area contributed by atoms with Crippen molar-refractivity contribution in [1.29, 1.82) is 0 Å². The highest BCUT2D eigenvalue weighted by molar-refractivity contribution is 5.78. The number of hydrogen-bond donors (Lipinski definition) is 0. The Morgan fingerprint density at radius 1 is 0.326 bits per heavy atom. The van der Waals surface area contributed by atoms with Gasteiger partial charge in [-0.25, -0.2) is 0 Å². The van der Waals surface area contributed by atoms with E-state index in [2.05, 4.69) is 0 Å². The van der Waals surface area contributed by atoms with E-state index < -0.39 is 76.0 Å². The monoisotopic (exact) mass is 1300 g/mol. The van der Waals surface area contributed by atoms with Crippen LogP contribution in [-0.2, 0) is 95.3 Å². The molecule has 0 saturated heterocycles. The van der Waals surface area contributed by atoms with Crippen LogP contribution in [0.5, 0.6) is 17.2 Å². The van der Waals surface area contributed by atoms with Crippen molar-refractivity contribution in [3.05, 3.63) is 89.5 Å². The van der Waals surface area contributed by atoms with E-state index in [1.807, 2.05) is 77.7 Å². The van der Waals surface area contributed by atoms with E-state index in [1.54, 1.807) is 135 Å². The molecule has 0 aliphatic carbocycles. The van der Waals surface area contributed by atoms with Crippen molar-refractivity contribution in [3.8, 4) is 17.2 Å². The molecular formula is C70H111N3O19. The summed E-state index contributed by atoms with van der Waals surface area (Å²) in [7, 11) is 4.82. The molecule has 0 fully saturated rings. The minimum absolute atomic E-state index is 0.0285. The molecule has 3 aromatic carbocycles. The van der Waals surface area contributed by atoms with Crippen LogP contribution >= 0.6 is 0 Å². The highest BCUT2D eigenvalue weighted by atomic mass is 16.6. The lowest BCUT2D eigenvalue weighted by molar-refractivity contribution is -0.166. The smallest absolute Gasteiger partial charge is 0.324 e.